The van der Waals surface area contributed by atoms with E-state index in [-0.39, 0.29) is 0 Å². The zero-order valence-corrected chi connectivity index (χ0v) is 31.9. The Morgan fingerprint density at radius 2 is 0.939 bits per heavy atom. The van der Waals surface area contributed by atoms with Crippen molar-refractivity contribution >= 4 is 92.9 Å². The zero-order valence-electron chi connectivity index (χ0n) is 26.9. The average Bonchev–Trinajstić information content (AvgIpc) is 3.42. The molecule has 2 heterocycles. The fraction of sp³-hybridized carbons (Fsp3) is 0.727. The molecule has 284 valence electrons. The van der Waals surface area contributed by atoms with Gasteiger partial charge in [0.2, 0.25) is 11.8 Å². The molecule has 0 saturated carbocycles. The molecule has 2 aliphatic rings. The summed E-state index contributed by atoms with van der Waals surface area (Å²) in [4.78, 5) is 67.1. The van der Waals surface area contributed by atoms with Crippen molar-refractivity contribution in [3.63, 3.8) is 0 Å². The molecule has 0 bridgehead atoms. The van der Waals surface area contributed by atoms with Crippen molar-refractivity contribution in [3.8, 4) is 0 Å². The van der Waals surface area contributed by atoms with Crippen molar-refractivity contribution in [2.24, 2.45) is 0 Å². The summed E-state index contributed by atoms with van der Waals surface area (Å²) in [6.45, 7) is 5.23. The first-order valence-electron chi connectivity index (χ1n) is 13.9. The van der Waals surface area contributed by atoms with Crippen LogP contribution in [0.1, 0.15) is 54.4 Å². The lowest BCUT2D eigenvalue weighted by Gasteiger charge is -2.27. The van der Waals surface area contributed by atoms with E-state index >= 15 is 0 Å². The van der Waals surface area contributed by atoms with Gasteiger partial charge in [0.15, 0.2) is 10.5 Å². The number of hydrogen-bond donors (Lipinski definition) is 4. The van der Waals surface area contributed by atoms with E-state index in [0.717, 1.165) is 13.8 Å². The SMILES string of the molecule is CC(C(=O)O)N1C(=O)CC(S(=O)(=O)O)C1=O.CC(C(=O)O)N1C(=O)CC(S(=O)(=O)O)C1=O.CCOP(=S)(OCC)OP(=S)(OCC)OCC. The molecule has 2 saturated heterocycles. The number of aliphatic carboxylic acids is 2. The van der Waals surface area contributed by atoms with Crippen LogP contribution in [0.3, 0.4) is 0 Å². The molecule has 2 aliphatic heterocycles. The van der Waals surface area contributed by atoms with E-state index in [0.29, 0.717) is 36.2 Å². The molecular formula is C22H38N2O19P2S4. The Balaban J connectivity index is 0.000000705. The van der Waals surface area contributed by atoms with Crippen LogP contribution in [0.25, 0.3) is 0 Å². The topological polar surface area (TPSA) is 304 Å². The summed E-state index contributed by atoms with van der Waals surface area (Å²) >= 11 is 10.4. The molecule has 4 amide bonds. The molecule has 0 aromatic carbocycles. The minimum absolute atomic E-state index is 0.334. The average molecular weight is 825 g/mol. The summed E-state index contributed by atoms with van der Waals surface area (Å²) in [7, 11) is -9.36. The second kappa shape index (κ2) is 19.7. The fourth-order valence-electron chi connectivity index (χ4n) is 3.67. The monoisotopic (exact) mass is 824 g/mol. The van der Waals surface area contributed by atoms with Gasteiger partial charge < -0.3 is 28.3 Å². The minimum atomic E-state index is -4.68. The summed E-state index contributed by atoms with van der Waals surface area (Å²) in [5, 5.41) is 13.4. The van der Waals surface area contributed by atoms with Crippen LogP contribution in [0.2, 0.25) is 0 Å². The molecule has 2 fully saturated rings. The molecule has 0 radical (unpaired) electrons. The van der Waals surface area contributed by atoms with Gasteiger partial charge in [-0.05, 0) is 65.2 Å². The van der Waals surface area contributed by atoms with Crippen LogP contribution < -0.4 is 0 Å². The number of carboxylic acid groups (broad SMARTS) is 2. The van der Waals surface area contributed by atoms with Gasteiger partial charge >= 0.3 is 25.4 Å². The Hall–Kier alpha value is -1.86. The number of nitrogens with zero attached hydrogens (tertiary/aromatic N) is 2. The summed E-state index contributed by atoms with van der Waals surface area (Å²) < 4.78 is 87.2. The fourth-order valence-corrected chi connectivity index (χ4v) is 11.5. The van der Waals surface area contributed by atoms with Crippen LogP contribution >= 0.6 is 13.4 Å². The second-order valence-electron chi connectivity index (χ2n) is 9.30. The molecule has 4 unspecified atom stereocenters. The lowest BCUT2D eigenvalue weighted by Crippen LogP contribution is -2.44. The smallest absolute Gasteiger partial charge is 0.334 e. The standard InChI is InChI=1S/C8H20O5P2S2.2C7H9NO7S/c1-5-9-14(16,10-6-2)13-15(17,11-7-3)12-8-4;2*1-3(7(11)12)8-5(9)2-4(6(8)10)16(13,14)15/h5-8H2,1-4H3;2*3-4H,2H2,1H3,(H,11,12)(H,13,14,15). The number of amides is 4. The van der Waals surface area contributed by atoms with Crippen molar-refractivity contribution in [3.05, 3.63) is 0 Å². The lowest BCUT2D eigenvalue weighted by atomic mass is 10.3. The number of carboxylic acids is 2. The minimum Gasteiger partial charge on any atom is -0.480 e. The summed E-state index contributed by atoms with van der Waals surface area (Å²) in [5.74, 6) is -7.13. The Kier molecular flexibility index (Phi) is 18.9. The van der Waals surface area contributed by atoms with Crippen molar-refractivity contribution in [2.75, 3.05) is 26.4 Å². The second-order valence-corrected chi connectivity index (χ2v) is 18.7. The Morgan fingerprint density at radius 1 is 0.694 bits per heavy atom. The molecule has 4 atom stereocenters. The number of carbonyl (C=O) groups is 6. The molecule has 0 aromatic heterocycles. The van der Waals surface area contributed by atoms with Gasteiger partial charge in [0.1, 0.15) is 12.1 Å². The van der Waals surface area contributed by atoms with Gasteiger partial charge in [0, 0.05) is 0 Å². The van der Waals surface area contributed by atoms with Crippen LogP contribution in [0, 0.1) is 0 Å². The Morgan fingerprint density at radius 3 is 1.10 bits per heavy atom. The van der Waals surface area contributed by atoms with E-state index in [1.807, 2.05) is 27.7 Å². The van der Waals surface area contributed by atoms with Gasteiger partial charge in [0.25, 0.3) is 32.1 Å². The van der Waals surface area contributed by atoms with Gasteiger partial charge in [-0.15, -0.1) is 0 Å². The van der Waals surface area contributed by atoms with E-state index in [9.17, 15) is 45.6 Å². The number of hydrogen-bond acceptors (Lipinski definition) is 17. The Bertz CT molecular complexity index is 1440. The molecule has 49 heavy (non-hydrogen) atoms. The van der Waals surface area contributed by atoms with Crippen molar-refractivity contribution in [1.29, 1.82) is 0 Å². The highest BCUT2D eigenvalue weighted by molar-refractivity contribution is 8.14. The summed E-state index contributed by atoms with van der Waals surface area (Å²) in [6, 6.07) is -2.90. The first-order chi connectivity index (χ1) is 22.3. The van der Waals surface area contributed by atoms with E-state index in [2.05, 4.69) is 0 Å². The molecule has 2 rings (SSSR count). The molecule has 0 aromatic rings. The number of likely N-dealkylation sites (tertiary alicyclic amines) is 2. The maximum absolute atomic E-state index is 11.4. The predicted octanol–water partition coefficient (Wildman–Crippen LogP) is 0.548. The van der Waals surface area contributed by atoms with E-state index in [1.54, 1.807) is 0 Å². The van der Waals surface area contributed by atoms with Gasteiger partial charge in [-0.1, -0.05) is 0 Å². The third-order valence-electron chi connectivity index (χ3n) is 5.84. The van der Waals surface area contributed by atoms with Crippen molar-refractivity contribution in [2.45, 2.75) is 77.0 Å². The highest BCUT2D eigenvalue weighted by Gasteiger charge is 2.50. The zero-order chi connectivity index (χ0) is 38.7. The highest BCUT2D eigenvalue weighted by Crippen LogP contribution is 2.66. The maximum Gasteiger partial charge on any atom is 0.334 e. The molecule has 27 heteroatoms. The van der Waals surface area contributed by atoms with E-state index in [4.69, 9.17) is 65.3 Å². The predicted molar refractivity (Wildman–Crippen MR) is 174 cm³/mol. The lowest BCUT2D eigenvalue weighted by molar-refractivity contribution is -0.153. The third-order valence-corrected chi connectivity index (χ3v) is 14.4. The van der Waals surface area contributed by atoms with Crippen molar-refractivity contribution in [1.82, 2.24) is 9.80 Å². The number of rotatable bonds is 16. The normalized spacial score (nSPS) is 19.9. The number of imide groups is 2. The van der Waals surface area contributed by atoms with Crippen LogP contribution in [0.15, 0.2) is 0 Å². The molecule has 21 nitrogen and oxygen atoms in total. The summed E-state index contributed by atoms with van der Waals surface area (Å²) in [6.07, 6.45) is -1.45. The van der Waals surface area contributed by atoms with Crippen LogP contribution in [-0.4, -0.2) is 131 Å². The summed E-state index contributed by atoms with van der Waals surface area (Å²) in [5.41, 5.74) is 0. The highest BCUT2D eigenvalue weighted by atomic mass is 32.5. The van der Waals surface area contributed by atoms with Gasteiger partial charge in [0.05, 0.1) is 39.3 Å². The largest absolute Gasteiger partial charge is 0.480 e. The maximum atomic E-state index is 11.4. The van der Waals surface area contributed by atoms with Crippen LogP contribution in [-0.2, 0) is 95.0 Å². The van der Waals surface area contributed by atoms with Crippen molar-refractivity contribution < 1.29 is 87.3 Å². The number of carbonyl (C=O) groups excluding carboxylic acids is 4. The van der Waals surface area contributed by atoms with Gasteiger partial charge in [-0.25, -0.2) is 13.9 Å². The van der Waals surface area contributed by atoms with E-state index in [1.165, 1.54) is 0 Å². The first kappa shape index (κ1) is 47.1. The third kappa shape index (κ3) is 14.0. The van der Waals surface area contributed by atoms with Crippen LogP contribution in [0.4, 0.5) is 0 Å². The Labute approximate surface area is 292 Å². The molecular weight excluding hydrogens is 786 g/mol. The molecule has 0 aliphatic carbocycles. The quantitative estimate of drug-likeness (QED) is 0.0938. The molecule has 4 N–H and O–H groups in total. The van der Waals surface area contributed by atoms with E-state index < -0.39 is 105 Å². The van der Waals surface area contributed by atoms with Gasteiger partial charge in [-0.3, -0.25) is 38.1 Å². The van der Waals surface area contributed by atoms with Crippen LogP contribution in [0.5, 0.6) is 0 Å². The molecule has 0 spiro atoms. The first-order valence-corrected chi connectivity index (χ1v) is 22.0. The van der Waals surface area contributed by atoms with Gasteiger partial charge in [-0.2, -0.15) is 16.8 Å².